The van der Waals surface area contributed by atoms with Crippen LogP contribution in [0.4, 0.5) is 22.0 Å². The van der Waals surface area contributed by atoms with Gasteiger partial charge in [0.25, 0.3) is 0 Å². The Bertz CT molecular complexity index is 2170. The predicted molar refractivity (Wildman–Crippen MR) is 202 cm³/mol. The maximum atomic E-state index is 14.2. The molecule has 5 aromatic rings. The SMILES string of the molecule is Cc1ccc(-c2[nH]c(/C(COCC(F)(F)C(F)(F)F)=C3\N=C(c4ccc(C(C)(C)C)cc4)C=C3c3ccc(C(C)(C)C)cc3)c3ccccc23)cc1. The molecule has 8 heteroatoms. The van der Waals surface area contributed by atoms with Gasteiger partial charge in [-0.2, -0.15) is 22.0 Å². The van der Waals surface area contributed by atoms with Crippen molar-refractivity contribution in [3.63, 3.8) is 0 Å². The zero-order valence-corrected chi connectivity index (χ0v) is 30.5. The normalized spacial score (nSPS) is 15.2. The van der Waals surface area contributed by atoms with Crippen molar-refractivity contribution < 1.29 is 26.7 Å². The maximum Gasteiger partial charge on any atom is 0.455 e. The lowest BCUT2D eigenvalue weighted by Crippen LogP contribution is -2.40. The van der Waals surface area contributed by atoms with Crippen molar-refractivity contribution in [2.45, 2.75) is 71.4 Å². The molecule has 3 nitrogen and oxygen atoms in total. The van der Waals surface area contributed by atoms with Gasteiger partial charge in [0.1, 0.15) is 6.61 Å². The van der Waals surface area contributed by atoms with E-state index in [1.54, 1.807) is 0 Å². The van der Waals surface area contributed by atoms with Crippen LogP contribution in [0.15, 0.2) is 114 Å². The number of benzene rings is 4. The van der Waals surface area contributed by atoms with Gasteiger partial charge < -0.3 is 9.72 Å². The molecule has 2 heterocycles. The van der Waals surface area contributed by atoms with Crippen LogP contribution >= 0.6 is 0 Å². The highest BCUT2D eigenvalue weighted by molar-refractivity contribution is 6.20. The summed E-state index contributed by atoms with van der Waals surface area (Å²) < 4.78 is 73.6. The van der Waals surface area contributed by atoms with E-state index in [1.807, 2.05) is 97.9 Å². The molecule has 0 aliphatic carbocycles. The fourth-order valence-electron chi connectivity index (χ4n) is 6.29. The van der Waals surface area contributed by atoms with Crippen LogP contribution in [0.3, 0.4) is 0 Å². The lowest BCUT2D eigenvalue weighted by molar-refractivity contribution is -0.295. The summed E-state index contributed by atoms with van der Waals surface area (Å²) in [6.45, 7) is 12.4. The molecule has 0 saturated heterocycles. The Morgan fingerprint density at radius 3 is 1.71 bits per heavy atom. The first kappa shape index (κ1) is 37.0. The molecule has 0 unspecified atom stereocenters. The van der Waals surface area contributed by atoms with E-state index in [0.717, 1.165) is 49.8 Å². The number of aromatic amines is 1. The molecule has 0 spiro atoms. The van der Waals surface area contributed by atoms with Crippen LogP contribution < -0.4 is 0 Å². The Morgan fingerprint density at radius 2 is 1.17 bits per heavy atom. The summed E-state index contributed by atoms with van der Waals surface area (Å²) in [6, 6.07) is 31.8. The van der Waals surface area contributed by atoms with Crippen molar-refractivity contribution in [3.05, 3.63) is 142 Å². The number of aryl methyl sites for hydroxylation is 1. The van der Waals surface area contributed by atoms with Gasteiger partial charge in [0.2, 0.25) is 0 Å². The van der Waals surface area contributed by atoms with Gasteiger partial charge >= 0.3 is 12.1 Å². The van der Waals surface area contributed by atoms with E-state index in [0.29, 0.717) is 28.2 Å². The third-order valence-electron chi connectivity index (χ3n) is 9.47. The molecule has 0 atom stereocenters. The lowest BCUT2D eigenvalue weighted by Gasteiger charge is -2.21. The van der Waals surface area contributed by atoms with E-state index in [4.69, 9.17) is 9.73 Å². The minimum absolute atomic E-state index is 0.0658. The summed E-state index contributed by atoms with van der Waals surface area (Å²) in [5, 5.41) is 1.62. The number of aromatic nitrogens is 1. The zero-order chi connectivity index (χ0) is 37.6. The summed E-state index contributed by atoms with van der Waals surface area (Å²) in [7, 11) is 0. The van der Waals surface area contributed by atoms with Gasteiger partial charge in [0, 0.05) is 27.5 Å². The Hall–Kier alpha value is -4.82. The zero-order valence-electron chi connectivity index (χ0n) is 30.5. The number of allylic oxidation sites excluding steroid dienone is 2. The standard InChI is InChI=1S/C44H43F5N2O/c1-27-12-14-30(15-13-27)38-33-10-8-9-11-34(33)39(51-38)36(25-52-26-43(45,46)44(47,48)49)40-35(28-16-20-31(21-17-28)41(2,3)4)24-37(50-40)29-18-22-32(23-19-29)42(5,6)7/h8-24,51H,25-26H2,1-7H3/b40-36-. The molecule has 6 rings (SSSR count). The van der Waals surface area contributed by atoms with Gasteiger partial charge in [-0.05, 0) is 46.1 Å². The van der Waals surface area contributed by atoms with Gasteiger partial charge in [-0.15, -0.1) is 0 Å². The highest BCUT2D eigenvalue weighted by Gasteiger charge is 2.57. The molecule has 0 saturated carbocycles. The van der Waals surface area contributed by atoms with Crippen molar-refractivity contribution in [2.24, 2.45) is 4.99 Å². The molecule has 1 aliphatic rings. The molecule has 1 aromatic heterocycles. The molecule has 1 N–H and O–H groups in total. The number of nitrogens with one attached hydrogen (secondary N) is 1. The average Bonchev–Trinajstić information content (AvgIpc) is 3.69. The van der Waals surface area contributed by atoms with Crippen LogP contribution in [0.25, 0.3) is 33.2 Å². The maximum absolute atomic E-state index is 14.2. The molecule has 0 bridgehead atoms. The van der Waals surface area contributed by atoms with Crippen LogP contribution in [0.5, 0.6) is 0 Å². The first-order valence-electron chi connectivity index (χ1n) is 17.3. The third kappa shape index (κ3) is 7.54. The summed E-state index contributed by atoms with van der Waals surface area (Å²) in [5.41, 5.74) is 9.17. The van der Waals surface area contributed by atoms with Crippen LogP contribution in [-0.4, -0.2) is 36.0 Å². The van der Waals surface area contributed by atoms with E-state index in [1.165, 1.54) is 0 Å². The number of hydrogen-bond acceptors (Lipinski definition) is 2. The molecule has 1 aliphatic heterocycles. The highest BCUT2D eigenvalue weighted by atomic mass is 19.4. The molecule has 0 radical (unpaired) electrons. The quantitative estimate of drug-likeness (QED) is 0.160. The Morgan fingerprint density at radius 1 is 0.654 bits per heavy atom. The lowest BCUT2D eigenvalue weighted by atomic mass is 9.85. The monoisotopic (exact) mass is 710 g/mol. The van der Waals surface area contributed by atoms with E-state index in [9.17, 15) is 22.0 Å². The smallest absolute Gasteiger partial charge is 0.370 e. The van der Waals surface area contributed by atoms with Gasteiger partial charge in [-0.3, -0.25) is 0 Å². The molecule has 52 heavy (non-hydrogen) atoms. The second-order valence-electron chi connectivity index (χ2n) is 15.5. The largest absolute Gasteiger partial charge is 0.455 e. The van der Waals surface area contributed by atoms with Crippen molar-refractivity contribution in [1.29, 1.82) is 0 Å². The number of alkyl halides is 5. The van der Waals surface area contributed by atoms with Crippen molar-refractivity contribution in [1.82, 2.24) is 4.98 Å². The molecule has 0 fully saturated rings. The number of aliphatic imine (C=N–C) groups is 1. The van der Waals surface area contributed by atoms with E-state index >= 15 is 0 Å². The third-order valence-corrected chi connectivity index (χ3v) is 9.47. The number of hydrogen-bond donors (Lipinski definition) is 1. The highest BCUT2D eigenvalue weighted by Crippen LogP contribution is 2.42. The summed E-state index contributed by atoms with van der Waals surface area (Å²) in [6.07, 6.45) is -3.81. The van der Waals surface area contributed by atoms with Crippen molar-refractivity contribution in [2.75, 3.05) is 13.2 Å². The van der Waals surface area contributed by atoms with E-state index in [-0.39, 0.29) is 10.8 Å². The van der Waals surface area contributed by atoms with Crippen LogP contribution in [0.1, 0.15) is 75.1 Å². The Labute approximate surface area is 302 Å². The van der Waals surface area contributed by atoms with Crippen LogP contribution in [0, 0.1) is 6.92 Å². The second-order valence-corrected chi connectivity index (χ2v) is 15.5. The van der Waals surface area contributed by atoms with Crippen LogP contribution in [0.2, 0.25) is 0 Å². The molecule has 0 amide bonds. The number of ether oxygens (including phenoxy) is 1. The first-order valence-corrected chi connectivity index (χ1v) is 17.3. The molecule has 4 aromatic carbocycles. The molecule has 270 valence electrons. The number of halogens is 5. The van der Waals surface area contributed by atoms with E-state index in [2.05, 4.69) is 58.7 Å². The van der Waals surface area contributed by atoms with Gasteiger partial charge in [0.05, 0.1) is 29.4 Å². The topological polar surface area (TPSA) is 37.4 Å². The Kier molecular flexibility index (Phi) is 9.68. The second kappa shape index (κ2) is 13.6. The summed E-state index contributed by atoms with van der Waals surface area (Å²) in [5.74, 6) is -5.03. The van der Waals surface area contributed by atoms with E-state index < -0.39 is 25.3 Å². The first-order chi connectivity index (χ1) is 24.3. The fraction of sp³-hybridized carbons (Fsp3) is 0.295. The number of nitrogens with zero attached hydrogens (tertiary/aromatic N) is 1. The van der Waals surface area contributed by atoms with Gasteiger partial charge in [-0.1, -0.05) is 144 Å². The predicted octanol–water partition coefficient (Wildman–Crippen LogP) is 12.3. The van der Waals surface area contributed by atoms with Gasteiger partial charge in [0.15, 0.2) is 0 Å². The van der Waals surface area contributed by atoms with Crippen LogP contribution in [-0.2, 0) is 15.6 Å². The number of H-pyrrole nitrogens is 1. The average molecular weight is 711 g/mol. The molecular formula is C44H43F5N2O. The van der Waals surface area contributed by atoms with Crippen molar-refractivity contribution >= 4 is 27.6 Å². The fourth-order valence-corrected chi connectivity index (χ4v) is 6.29. The number of fused-ring (bicyclic) bond motifs is 1. The summed E-state index contributed by atoms with van der Waals surface area (Å²) in [4.78, 5) is 8.63. The number of rotatable bonds is 8. The minimum Gasteiger partial charge on any atom is -0.370 e. The minimum atomic E-state index is -5.75. The van der Waals surface area contributed by atoms with Crippen molar-refractivity contribution in [3.8, 4) is 11.3 Å². The summed E-state index contributed by atoms with van der Waals surface area (Å²) >= 11 is 0. The van der Waals surface area contributed by atoms with Gasteiger partial charge in [-0.25, -0.2) is 4.99 Å². The molecular weight excluding hydrogens is 667 g/mol. The Balaban J connectivity index is 1.58.